The molecule has 0 aromatic heterocycles. The van der Waals surface area contributed by atoms with Gasteiger partial charge in [-0.2, -0.15) is 5.10 Å². The van der Waals surface area contributed by atoms with Crippen molar-refractivity contribution in [2.45, 2.75) is 46.0 Å². The summed E-state index contributed by atoms with van der Waals surface area (Å²) in [4.78, 5) is 12.3. The van der Waals surface area contributed by atoms with E-state index in [1.165, 1.54) is 0 Å². The molecule has 5 nitrogen and oxygen atoms in total. The molecule has 0 radical (unpaired) electrons. The molecule has 26 heavy (non-hydrogen) atoms. The minimum absolute atomic E-state index is 0.0484. The van der Waals surface area contributed by atoms with Gasteiger partial charge in [0.25, 0.3) is 0 Å². The molecule has 3 N–H and O–H groups in total. The summed E-state index contributed by atoms with van der Waals surface area (Å²) in [6, 6.07) is 0. The number of halogens is 3. The summed E-state index contributed by atoms with van der Waals surface area (Å²) in [7, 11) is 0. The molecule has 8 heteroatoms. The van der Waals surface area contributed by atoms with Crippen molar-refractivity contribution in [1.29, 1.82) is 0 Å². The Morgan fingerprint density at radius 3 is 2.69 bits per heavy atom. The molecule has 0 aliphatic carbocycles. The van der Waals surface area contributed by atoms with Crippen molar-refractivity contribution < 1.29 is 4.79 Å². The summed E-state index contributed by atoms with van der Waals surface area (Å²) in [5.74, 6) is -0.151. The fraction of sp³-hybridized carbons (Fsp3) is 0.556. The van der Waals surface area contributed by atoms with Crippen LogP contribution < -0.4 is 16.3 Å². The summed E-state index contributed by atoms with van der Waals surface area (Å²) in [6.07, 6.45) is 10.2. The van der Waals surface area contributed by atoms with Crippen LogP contribution in [0, 0.1) is 17.8 Å². The van der Waals surface area contributed by atoms with E-state index >= 15 is 0 Å². The molecule has 2 aliphatic rings. The van der Waals surface area contributed by atoms with E-state index in [1.54, 1.807) is 0 Å². The fourth-order valence-electron chi connectivity index (χ4n) is 3.34. The number of amides is 1. The average molecular weight is 420 g/mol. The Morgan fingerprint density at radius 1 is 1.23 bits per heavy atom. The summed E-state index contributed by atoms with van der Waals surface area (Å²) in [5, 5.41) is 5.56. The molecule has 0 saturated carbocycles. The maximum Gasteiger partial charge on any atom is 0.245 e. The number of hydrogen-bond acceptors (Lipinski definition) is 4. The third-order valence-electron chi connectivity index (χ3n) is 4.74. The Hall–Kier alpha value is -1.17. The number of hydrazine groups is 1. The Morgan fingerprint density at radius 2 is 2.00 bits per heavy atom. The van der Waals surface area contributed by atoms with Gasteiger partial charge >= 0.3 is 0 Å². The van der Waals surface area contributed by atoms with Crippen LogP contribution in [-0.4, -0.2) is 11.1 Å². The molecule has 0 aromatic rings. The summed E-state index contributed by atoms with van der Waals surface area (Å²) in [6.45, 7) is 4.10. The smallest absolute Gasteiger partial charge is 0.245 e. The van der Waals surface area contributed by atoms with E-state index in [1.807, 2.05) is 13.0 Å². The molecular weight excluding hydrogens is 395 g/mol. The predicted octanol–water partition coefficient (Wildman–Crippen LogP) is 4.70. The number of carbonyl (C=O) groups is 1. The van der Waals surface area contributed by atoms with E-state index in [0.29, 0.717) is 21.9 Å². The maximum atomic E-state index is 12.3. The first-order chi connectivity index (χ1) is 12.5. The van der Waals surface area contributed by atoms with E-state index in [0.717, 1.165) is 31.3 Å². The van der Waals surface area contributed by atoms with Gasteiger partial charge in [0.2, 0.25) is 5.91 Å². The second kappa shape index (κ2) is 10.2. The van der Waals surface area contributed by atoms with Gasteiger partial charge < -0.3 is 0 Å². The van der Waals surface area contributed by atoms with Gasteiger partial charge in [0.15, 0.2) is 0 Å². The molecule has 2 heterocycles. The monoisotopic (exact) mass is 418 g/mol. The predicted molar refractivity (Wildman–Crippen MR) is 109 cm³/mol. The summed E-state index contributed by atoms with van der Waals surface area (Å²) < 4.78 is 0. The molecule has 2 rings (SSSR count). The van der Waals surface area contributed by atoms with E-state index in [9.17, 15) is 4.79 Å². The molecule has 0 bridgehead atoms. The first-order valence-corrected chi connectivity index (χ1v) is 10.1. The lowest BCUT2D eigenvalue weighted by Gasteiger charge is -2.30. The van der Waals surface area contributed by atoms with Crippen LogP contribution in [0.2, 0.25) is 0 Å². The molecule has 0 spiro atoms. The zero-order valence-electron chi connectivity index (χ0n) is 15.0. The van der Waals surface area contributed by atoms with E-state index in [2.05, 4.69) is 40.5 Å². The molecule has 0 fully saturated rings. The van der Waals surface area contributed by atoms with Gasteiger partial charge in [-0.1, -0.05) is 60.8 Å². The van der Waals surface area contributed by atoms with E-state index in [-0.39, 0.29) is 23.7 Å². The standard InChI is InChI=1S/C18H25Cl3N4O/c1-3-5-6-7-11(14-10-15(19)22-23-17(14)21)8-9-13-12(4-2)16(20)24-25-18(13)26/h5-6,10-11,13-14,22,24H,3-4,7-9H2,1-2H3,(H,25,26)/b6-5-. The number of carbonyl (C=O) groups excluding carboxylic acids is 1. The molecule has 3 unspecified atom stereocenters. The third-order valence-corrected chi connectivity index (χ3v) is 5.63. The molecule has 144 valence electrons. The highest BCUT2D eigenvalue weighted by atomic mass is 35.5. The molecular formula is C18H25Cl3N4O. The van der Waals surface area contributed by atoms with Crippen LogP contribution in [0.3, 0.4) is 0 Å². The number of hydrazone groups is 1. The quantitative estimate of drug-likeness (QED) is 0.394. The van der Waals surface area contributed by atoms with Gasteiger partial charge in [0.1, 0.15) is 15.5 Å². The van der Waals surface area contributed by atoms with Crippen molar-refractivity contribution in [3.05, 3.63) is 34.1 Å². The lowest BCUT2D eigenvalue weighted by atomic mass is 9.81. The second-order valence-electron chi connectivity index (χ2n) is 6.40. The van der Waals surface area contributed by atoms with Crippen LogP contribution in [-0.2, 0) is 4.79 Å². The van der Waals surface area contributed by atoms with Crippen LogP contribution in [0.4, 0.5) is 0 Å². The van der Waals surface area contributed by atoms with Gasteiger partial charge in [0, 0.05) is 5.92 Å². The highest BCUT2D eigenvalue weighted by Crippen LogP contribution is 2.34. The highest BCUT2D eigenvalue weighted by Gasteiger charge is 2.31. The largest absolute Gasteiger partial charge is 0.288 e. The Labute approximate surface area is 169 Å². The average Bonchev–Trinajstić information content (AvgIpc) is 2.62. The minimum Gasteiger partial charge on any atom is -0.288 e. The zero-order chi connectivity index (χ0) is 19.1. The fourth-order valence-corrected chi connectivity index (χ4v) is 4.11. The molecule has 1 amide bonds. The molecule has 3 atom stereocenters. The minimum atomic E-state index is -0.233. The summed E-state index contributed by atoms with van der Waals surface area (Å²) in [5.41, 5.74) is 8.99. The Balaban J connectivity index is 2.15. The molecule has 0 saturated heterocycles. The van der Waals surface area contributed by atoms with Gasteiger partial charge in [-0.25, -0.2) is 0 Å². The first kappa shape index (κ1) is 21.1. The van der Waals surface area contributed by atoms with Gasteiger partial charge in [-0.05, 0) is 49.7 Å². The van der Waals surface area contributed by atoms with E-state index in [4.69, 9.17) is 34.8 Å². The SMILES string of the molecule is CC/C=C\CC(CCC1C(=O)NNC(Cl)=C1CC)C1C=C(Cl)NN=C1Cl. The third kappa shape index (κ3) is 5.41. The van der Waals surface area contributed by atoms with E-state index < -0.39 is 0 Å². The number of nitrogens with one attached hydrogen (secondary N) is 3. The Bertz CT molecular complexity index is 642. The lowest BCUT2D eigenvalue weighted by Crippen LogP contribution is -2.45. The van der Waals surface area contributed by atoms with Gasteiger partial charge in [-0.15, -0.1) is 0 Å². The van der Waals surface area contributed by atoms with Crippen molar-refractivity contribution in [2.24, 2.45) is 22.9 Å². The van der Waals surface area contributed by atoms with Crippen molar-refractivity contribution in [3.63, 3.8) is 0 Å². The maximum absolute atomic E-state index is 12.3. The highest BCUT2D eigenvalue weighted by molar-refractivity contribution is 6.66. The van der Waals surface area contributed by atoms with Gasteiger partial charge in [-0.3, -0.25) is 21.1 Å². The topological polar surface area (TPSA) is 65.5 Å². The second-order valence-corrected chi connectivity index (χ2v) is 7.57. The molecule has 2 aliphatic heterocycles. The number of nitrogens with zero attached hydrogens (tertiary/aromatic N) is 1. The van der Waals surface area contributed by atoms with Crippen LogP contribution >= 0.6 is 34.8 Å². The number of allylic oxidation sites excluding steroid dienone is 3. The van der Waals surface area contributed by atoms with Crippen LogP contribution in [0.1, 0.15) is 46.0 Å². The zero-order valence-corrected chi connectivity index (χ0v) is 17.3. The van der Waals surface area contributed by atoms with Crippen molar-refractivity contribution >= 4 is 45.9 Å². The van der Waals surface area contributed by atoms with Gasteiger partial charge in [0.05, 0.1) is 5.92 Å². The van der Waals surface area contributed by atoms with Crippen LogP contribution in [0.25, 0.3) is 0 Å². The number of hydrogen-bond donors (Lipinski definition) is 3. The first-order valence-electron chi connectivity index (χ1n) is 8.93. The van der Waals surface area contributed by atoms with Crippen molar-refractivity contribution in [2.75, 3.05) is 0 Å². The molecule has 0 aromatic carbocycles. The van der Waals surface area contributed by atoms with Crippen molar-refractivity contribution in [3.8, 4) is 0 Å². The normalized spacial score (nSPS) is 24.6. The Kier molecular flexibility index (Phi) is 8.32. The lowest BCUT2D eigenvalue weighted by molar-refractivity contribution is -0.125. The summed E-state index contributed by atoms with van der Waals surface area (Å²) >= 11 is 18.6. The van der Waals surface area contributed by atoms with Crippen LogP contribution in [0.5, 0.6) is 0 Å². The number of rotatable bonds is 8. The van der Waals surface area contributed by atoms with Crippen LogP contribution in [0.15, 0.2) is 39.2 Å². The van der Waals surface area contributed by atoms with Crippen molar-refractivity contribution in [1.82, 2.24) is 16.3 Å².